The Morgan fingerprint density at radius 2 is 1.45 bits per heavy atom. The number of para-hydroxylation sites is 3. The number of nitrogens with one attached hydrogen (secondary N) is 1. The molecule has 4 nitrogen and oxygen atoms in total. The maximum Gasteiger partial charge on any atom is 0.265 e. The van der Waals surface area contributed by atoms with Crippen molar-refractivity contribution >= 4 is 28.8 Å². The van der Waals surface area contributed by atoms with Crippen LogP contribution in [0.5, 0.6) is 0 Å². The molecule has 1 unspecified atom stereocenters. The largest absolute Gasteiger partial charge is 0.365 e. The Balaban J connectivity index is 1.90. The molecular formula is C25H24N2O2. The van der Waals surface area contributed by atoms with Crippen LogP contribution in [0, 0.1) is 0 Å². The molecule has 1 atom stereocenters. The summed E-state index contributed by atoms with van der Waals surface area (Å²) in [6, 6.07) is 26.4. The second-order valence-electron chi connectivity index (χ2n) is 7.32. The van der Waals surface area contributed by atoms with Crippen LogP contribution in [0.15, 0.2) is 84.9 Å². The number of amides is 1. The van der Waals surface area contributed by atoms with Crippen LogP contribution < -0.4 is 10.2 Å². The summed E-state index contributed by atoms with van der Waals surface area (Å²) in [6.07, 6.45) is 2.10. The van der Waals surface area contributed by atoms with E-state index >= 15 is 0 Å². The first-order valence-corrected chi connectivity index (χ1v) is 10.0. The highest BCUT2D eigenvalue weighted by atomic mass is 16.2. The highest BCUT2D eigenvalue weighted by Gasteiger charge is 2.53. The summed E-state index contributed by atoms with van der Waals surface area (Å²) in [6.45, 7) is 2.07. The quantitative estimate of drug-likeness (QED) is 0.564. The van der Waals surface area contributed by atoms with Crippen molar-refractivity contribution < 1.29 is 9.59 Å². The van der Waals surface area contributed by atoms with Crippen molar-refractivity contribution in [1.82, 2.24) is 0 Å². The van der Waals surface area contributed by atoms with Crippen LogP contribution in [0.3, 0.4) is 0 Å². The molecule has 29 heavy (non-hydrogen) atoms. The average molecular weight is 384 g/mol. The minimum atomic E-state index is -1.33. The first kappa shape index (κ1) is 18.9. The molecule has 0 radical (unpaired) electrons. The topological polar surface area (TPSA) is 49.4 Å². The monoisotopic (exact) mass is 384 g/mol. The lowest BCUT2D eigenvalue weighted by atomic mass is 9.78. The van der Waals surface area contributed by atoms with Crippen molar-refractivity contribution in [2.45, 2.75) is 31.7 Å². The fourth-order valence-electron chi connectivity index (χ4n) is 3.92. The van der Waals surface area contributed by atoms with Crippen molar-refractivity contribution in [3.05, 3.63) is 90.5 Å². The van der Waals surface area contributed by atoms with Crippen LogP contribution in [0.1, 0.15) is 36.5 Å². The fraction of sp³-hybridized carbons (Fsp3) is 0.200. The third kappa shape index (κ3) is 3.31. The van der Waals surface area contributed by atoms with Crippen LogP contribution >= 0.6 is 0 Å². The number of unbranched alkanes of at least 4 members (excludes halogenated alkanes) is 1. The van der Waals surface area contributed by atoms with Gasteiger partial charge in [-0.25, -0.2) is 0 Å². The van der Waals surface area contributed by atoms with E-state index in [0.717, 1.165) is 24.2 Å². The molecule has 1 aliphatic heterocycles. The SMILES string of the molecule is CCCCC1(Nc2ccccc2)C(=O)c2ccccc2N(c2ccccc2)C1=O. The predicted octanol–water partition coefficient (Wildman–Crippen LogP) is 5.59. The molecule has 4 rings (SSSR count). The molecule has 1 amide bonds. The molecule has 3 aromatic carbocycles. The zero-order chi connectivity index (χ0) is 20.3. The van der Waals surface area contributed by atoms with E-state index in [2.05, 4.69) is 12.2 Å². The summed E-state index contributed by atoms with van der Waals surface area (Å²) >= 11 is 0. The highest BCUT2D eigenvalue weighted by molar-refractivity contribution is 6.31. The molecule has 0 aromatic heterocycles. The summed E-state index contributed by atoms with van der Waals surface area (Å²) in [7, 11) is 0. The molecule has 0 fully saturated rings. The number of ketones is 1. The Kier molecular flexibility index (Phi) is 5.17. The van der Waals surface area contributed by atoms with Gasteiger partial charge in [-0.15, -0.1) is 0 Å². The number of benzene rings is 3. The van der Waals surface area contributed by atoms with Crippen molar-refractivity contribution in [3.63, 3.8) is 0 Å². The van der Waals surface area contributed by atoms with Gasteiger partial charge in [-0.3, -0.25) is 14.5 Å². The number of nitrogens with zero attached hydrogens (tertiary/aromatic N) is 1. The van der Waals surface area contributed by atoms with Gasteiger partial charge >= 0.3 is 0 Å². The van der Waals surface area contributed by atoms with Gasteiger partial charge in [-0.2, -0.15) is 0 Å². The Bertz CT molecular complexity index is 1020. The van der Waals surface area contributed by atoms with Gasteiger partial charge in [0, 0.05) is 16.9 Å². The van der Waals surface area contributed by atoms with Gasteiger partial charge in [-0.05, 0) is 42.8 Å². The Labute approximate surface area is 171 Å². The first-order valence-electron chi connectivity index (χ1n) is 10.0. The van der Waals surface area contributed by atoms with Gasteiger partial charge in [0.1, 0.15) is 0 Å². The summed E-state index contributed by atoms with van der Waals surface area (Å²) in [4.78, 5) is 29.4. The average Bonchev–Trinajstić information content (AvgIpc) is 2.77. The number of fused-ring (bicyclic) bond motifs is 1. The molecule has 0 saturated heterocycles. The van der Waals surface area contributed by atoms with Crippen LogP contribution in [0.25, 0.3) is 0 Å². The van der Waals surface area contributed by atoms with Gasteiger partial charge < -0.3 is 5.32 Å². The number of carbonyl (C=O) groups excluding carboxylic acids is 2. The molecule has 1 heterocycles. The van der Waals surface area contributed by atoms with Gasteiger partial charge in [0.05, 0.1) is 5.69 Å². The Morgan fingerprint density at radius 3 is 2.14 bits per heavy atom. The molecule has 146 valence electrons. The molecule has 0 bridgehead atoms. The smallest absolute Gasteiger partial charge is 0.265 e. The van der Waals surface area contributed by atoms with Gasteiger partial charge in [-0.1, -0.05) is 68.3 Å². The van der Waals surface area contributed by atoms with E-state index in [1.165, 1.54) is 0 Å². The molecule has 1 N–H and O–H groups in total. The molecule has 0 aliphatic carbocycles. The number of anilines is 3. The summed E-state index contributed by atoms with van der Waals surface area (Å²) < 4.78 is 0. The van der Waals surface area contributed by atoms with E-state index in [1.54, 1.807) is 4.90 Å². The molecule has 1 aliphatic rings. The van der Waals surface area contributed by atoms with Crippen molar-refractivity contribution in [1.29, 1.82) is 0 Å². The summed E-state index contributed by atoms with van der Waals surface area (Å²) in [5.74, 6) is -0.396. The molecule has 0 spiro atoms. The standard InChI is InChI=1S/C25H24N2O2/c1-2-3-18-25(26-19-12-6-4-7-13-19)23(28)21-16-10-11-17-22(21)27(24(25)29)20-14-8-5-9-15-20/h4-17,26H,2-3,18H2,1H3. The fourth-order valence-corrected chi connectivity index (χ4v) is 3.92. The highest BCUT2D eigenvalue weighted by Crippen LogP contribution is 2.41. The number of hydrogen-bond acceptors (Lipinski definition) is 3. The van der Waals surface area contributed by atoms with Crippen molar-refractivity contribution in [2.75, 3.05) is 10.2 Å². The lowest BCUT2D eigenvalue weighted by Crippen LogP contribution is -2.61. The number of carbonyl (C=O) groups is 2. The number of hydrogen-bond donors (Lipinski definition) is 1. The van der Waals surface area contributed by atoms with Gasteiger partial charge in [0.15, 0.2) is 11.3 Å². The predicted molar refractivity (Wildman–Crippen MR) is 117 cm³/mol. The van der Waals surface area contributed by atoms with Crippen LogP contribution in [0.2, 0.25) is 0 Å². The third-order valence-corrected chi connectivity index (χ3v) is 5.40. The van der Waals surface area contributed by atoms with Crippen molar-refractivity contribution in [3.8, 4) is 0 Å². The second-order valence-corrected chi connectivity index (χ2v) is 7.32. The maximum absolute atomic E-state index is 14.0. The van der Waals surface area contributed by atoms with Crippen molar-refractivity contribution in [2.24, 2.45) is 0 Å². The maximum atomic E-state index is 14.0. The second kappa shape index (κ2) is 7.92. The zero-order valence-electron chi connectivity index (χ0n) is 16.5. The van der Waals surface area contributed by atoms with Crippen LogP contribution in [-0.4, -0.2) is 17.2 Å². The van der Waals surface area contributed by atoms with Crippen LogP contribution in [-0.2, 0) is 4.79 Å². The Morgan fingerprint density at radius 1 is 0.828 bits per heavy atom. The van der Waals surface area contributed by atoms with E-state index in [9.17, 15) is 9.59 Å². The van der Waals surface area contributed by atoms with E-state index in [0.29, 0.717) is 17.7 Å². The summed E-state index contributed by atoms with van der Waals surface area (Å²) in [5, 5.41) is 3.33. The normalized spacial score (nSPS) is 18.4. The van der Waals surface area contributed by atoms with E-state index in [4.69, 9.17) is 0 Å². The minimum absolute atomic E-state index is 0.164. The summed E-state index contributed by atoms with van der Waals surface area (Å²) in [5.41, 5.74) is 1.39. The Hall–Kier alpha value is -3.40. The number of rotatable bonds is 6. The first-order chi connectivity index (χ1) is 14.2. The van der Waals surface area contributed by atoms with Gasteiger partial charge in [0.25, 0.3) is 5.91 Å². The third-order valence-electron chi connectivity index (χ3n) is 5.40. The van der Waals surface area contributed by atoms with E-state index in [-0.39, 0.29) is 11.7 Å². The lowest BCUT2D eigenvalue weighted by Gasteiger charge is -2.42. The lowest BCUT2D eigenvalue weighted by molar-refractivity contribution is -0.121. The number of Topliss-reactive ketones (excluding diaryl/α,β-unsaturated/α-hetero) is 1. The molecule has 4 heteroatoms. The molecule has 0 saturated carbocycles. The molecular weight excluding hydrogens is 360 g/mol. The minimum Gasteiger partial charge on any atom is -0.365 e. The molecule has 3 aromatic rings. The van der Waals surface area contributed by atoms with E-state index in [1.807, 2.05) is 84.9 Å². The van der Waals surface area contributed by atoms with E-state index < -0.39 is 5.54 Å². The zero-order valence-corrected chi connectivity index (χ0v) is 16.5. The van der Waals surface area contributed by atoms with Crippen LogP contribution in [0.4, 0.5) is 17.1 Å². The van der Waals surface area contributed by atoms with Gasteiger partial charge in [0.2, 0.25) is 0 Å².